The monoisotopic (exact) mass is 329 g/mol. The van der Waals surface area contributed by atoms with Gasteiger partial charge in [0.2, 0.25) is 0 Å². The lowest BCUT2D eigenvalue weighted by Gasteiger charge is -2.13. The van der Waals surface area contributed by atoms with E-state index in [2.05, 4.69) is 9.97 Å². The second-order valence-corrected chi connectivity index (χ2v) is 5.42. The van der Waals surface area contributed by atoms with Gasteiger partial charge in [0, 0.05) is 37.1 Å². The topological polar surface area (TPSA) is 46.1 Å². The third kappa shape index (κ3) is 2.87. The van der Waals surface area contributed by atoms with Crippen LogP contribution in [0.5, 0.6) is 0 Å². The molecule has 0 atom stereocenters. The molecule has 0 fully saturated rings. The van der Waals surface area contributed by atoms with Gasteiger partial charge in [0.15, 0.2) is 5.69 Å². The Morgan fingerprint density at radius 3 is 2.40 bits per heavy atom. The summed E-state index contributed by atoms with van der Waals surface area (Å²) in [6, 6.07) is 3.13. The van der Waals surface area contributed by atoms with Crippen molar-refractivity contribution in [2.45, 2.75) is 0 Å². The van der Waals surface area contributed by atoms with Crippen LogP contribution >= 0.6 is 34.8 Å². The van der Waals surface area contributed by atoms with Crippen LogP contribution < -0.4 is 0 Å². The number of aromatic nitrogens is 2. The lowest BCUT2D eigenvalue weighted by Crippen LogP contribution is -2.23. The molecule has 0 aliphatic rings. The molecule has 0 radical (unpaired) electrons. The van der Waals surface area contributed by atoms with E-state index in [0.29, 0.717) is 21.3 Å². The molecule has 0 bridgehead atoms. The third-order valence-corrected chi connectivity index (χ3v) is 3.58. The highest BCUT2D eigenvalue weighted by atomic mass is 35.5. The molecule has 0 saturated carbocycles. The van der Waals surface area contributed by atoms with Gasteiger partial charge in [0.1, 0.15) is 5.69 Å². The Kier molecular flexibility index (Phi) is 4.48. The van der Waals surface area contributed by atoms with Crippen LogP contribution in [0.1, 0.15) is 10.5 Å². The van der Waals surface area contributed by atoms with E-state index in [4.69, 9.17) is 34.8 Å². The number of carbonyl (C=O) groups is 1. The number of nitrogens with zero attached hydrogens (tertiary/aromatic N) is 3. The van der Waals surface area contributed by atoms with Gasteiger partial charge < -0.3 is 4.90 Å². The van der Waals surface area contributed by atoms with E-state index in [1.165, 1.54) is 23.4 Å². The molecule has 2 rings (SSSR count). The maximum atomic E-state index is 12.1. The van der Waals surface area contributed by atoms with E-state index >= 15 is 0 Å². The van der Waals surface area contributed by atoms with E-state index in [1.54, 1.807) is 20.2 Å². The number of carbonyl (C=O) groups excluding carboxylic acids is 1. The molecule has 2 aromatic rings. The fourth-order valence-electron chi connectivity index (χ4n) is 1.63. The van der Waals surface area contributed by atoms with Crippen LogP contribution in [0.2, 0.25) is 15.1 Å². The lowest BCUT2D eigenvalue weighted by molar-refractivity contribution is 0.0822. The van der Waals surface area contributed by atoms with Gasteiger partial charge in [0.05, 0.1) is 10.0 Å². The molecular weight excluding hydrogens is 321 g/mol. The summed E-state index contributed by atoms with van der Waals surface area (Å²) in [7, 11) is 3.26. The van der Waals surface area contributed by atoms with Gasteiger partial charge in [-0.2, -0.15) is 0 Å². The maximum Gasteiger partial charge on any atom is 0.274 e. The molecule has 4 nitrogen and oxygen atoms in total. The summed E-state index contributed by atoms with van der Waals surface area (Å²) in [6.45, 7) is 0. The summed E-state index contributed by atoms with van der Waals surface area (Å²) in [5.74, 6) is -0.278. The van der Waals surface area contributed by atoms with Crippen LogP contribution in [-0.4, -0.2) is 34.9 Å². The number of hydrogen-bond donors (Lipinski definition) is 0. The summed E-state index contributed by atoms with van der Waals surface area (Å²) in [6.07, 6.45) is 2.92. The molecule has 104 valence electrons. The lowest BCUT2D eigenvalue weighted by atomic mass is 10.1. The van der Waals surface area contributed by atoms with Gasteiger partial charge in [-0.05, 0) is 12.1 Å². The summed E-state index contributed by atoms with van der Waals surface area (Å²) in [5, 5.41) is 0.982. The molecule has 1 heterocycles. The van der Waals surface area contributed by atoms with E-state index in [-0.39, 0.29) is 16.6 Å². The molecule has 20 heavy (non-hydrogen) atoms. The van der Waals surface area contributed by atoms with Crippen molar-refractivity contribution < 1.29 is 4.79 Å². The summed E-state index contributed by atoms with van der Waals surface area (Å²) < 4.78 is 0. The van der Waals surface area contributed by atoms with Crippen molar-refractivity contribution in [3.8, 4) is 11.3 Å². The number of amides is 1. The third-order valence-electron chi connectivity index (χ3n) is 2.56. The Morgan fingerprint density at radius 2 is 1.75 bits per heavy atom. The first-order valence-corrected chi connectivity index (χ1v) is 6.72. The van der Waals surface area contributed by atoms with Gasteiger partial charge in [0.25, 0.3) is 5.91 Å². The van der Waals surface area contributed by atoms with Crippen molar-refractivity contribution in [3.63, 3.8) is 0 Å². The Balaban J connectivity index is 2.68. The number of hydrogen-bond acceptors (Lipinski definition) is 3. The predicted octanol–water partition coefficient (Wildman–Crippen LogP) is 3.81. The SMILES string of the molecule is CN(C)C(=O)c1nccnc1-c1cc(Cl)cc(Cl)c1Cl. The zero-order valence-corrected chi connectivity index (χ0v) is 13.0. The quantitative estimate of drug-likeness (QED) is 0.787. The summed E-state index contributed by atoms with van der Waals surface area (Å²) in [4.78, 5) is 21.8. The van der Waals surface area contributed by atoms with Gasteiger partial charge >= 0.3 is 0 Å². The standard InChI is InChI=1S/C13H10Cl3N3O/c1-19(2)13(20)12-11(17-3-4-18-12)8-5-7(14)6-9(15)10(8)16/h3-6H,1-2H3. The van der Waals surface area contributed by atoms with Crippen LogP contribution in [0, 0.1) is 0 Å². The van der Waals surface area contributed by atoms with Crippen LogP contribution in [0.4, 0.5) is 0 Å². The van der Waals surface area contributed by atoms with Gasteiger partial charge in [-0.15, -0.1) is 0 Å². The summed E-state index contributed by atoms with van der Waals surface area (Å²) >= 11 is 18.2. The number of halogens is 3. The Morgan fingerprint density at radius 1 is 1.10 bits per heavy atom. The maximum absolute atomic E-state index is 12.1. The molecule has 0 spiro atoms. The Hall–Kier alpha value is -1.36. The first-order valence-electron chi connectivity index (χ1n) is 5.59. The van der Waals surface area contributed by atoms with E-state index in [0.717, 1.165) is 0 Å². The largest absolute Gasteiger partial charge is 0.343 e. The molecule has 1 amide bonds. The zero-order valence-electron chi connectivity index (χ0n) is 10.7. The van der Waals surface area contributed by atoms with Crippen molar-refractivity contribution in [1.82, 2.24) is 14.9 Å². The zero-order chi connectivity index (χ0) is 14.9. The van der Waals surface area contributed by atoms with Crippen LogP contribution in [0.15, 0.2) is 24.5 Å². The first kappa shape index (κ1) is 15.0. The smallest absolute Gasteiger partial charge is 0.274 e. The number of benzene rings is 1. The van der Waals surface area contributed by atoms with Crippen LogP contribution in [0.25, 0.3) is 11.3 Å². The summed E-state index contributed by atoms with van der Waals surface area (Å²) in [5.41, 5.74) is 1.01. The predicted molar refractivity (Wildman–Crippen MR) is 80.5 cm³/mol. The average molecular weight is 331 g/mol. The van der Waals surface area contributed by atoms with Crippen molar-refractivity contribution in [1.29, 1.82) is 0 Å². The van der Waals surface area contributed by atoms with Gasteiger partial charge in [-0.1, -0.05) is 34.8 Å². The highest BCUT2D eigenvalue weighted by Crippen LogP contribution is 2.36. The molecule has 0 saturated heterocycles. The molecule has 0 unspecified atom stereocenters. The van der Waals surface area contributed by atoms with Crippen molar-refractivity contribution in [2.75, 3.05) is 14.1 Å². The van der Waals surface area contributed by atoms with Crippen LogP contribution in [-0.2, 0) is 0 Å². The van der Waals surface area contributed by atoms with E-state index < -0.39 is 0 Å². The Labute approximate surface area is 131 Å². The van der Waals surface area contributed by atoms with Crippen molar-refractivity contribution >= 4 is 40.7 Å². The highest BCUT2D eigenvalue weighted by molar-refractivity contribution is 6.45. The second-order valence-electron chi connectivity index (χ2n) is 4.20. The fourth-order valence-corrected chi connectivity index (χ4v) is 2.32. The Bertz CT molecular complexity index is 674. The van der Waals surface area contributed by atoms with E-state index in [1.807, 2.05) is 0 Å². The molecule has 1 aromatic carbocycles. The minimum absolute atomic E-state index is 0.192. The number of rotatable bonds is 2. The first-order chi connectivity index (χ1) is 9.41. The minimum atomic E-state index is -0.278. The minimum Gasteiger partial charge on any atom is -0.343 e. The molecule has 0 aliphatic carbocycles. The molecule has 7 heteroatoms. The molecule has 1 aromatic heterocycles. The normalized spacial score (nSPS) is 10.4. The van der Waals surface area contributed by atoms with Crippen molar-refractivity contribution in [3.05, 3.63) is 45.3 Å². The molecule has 0 N–H and O–H groups in total. The van der Waals surface area contributed by atoms with Crippen molar-refractivity contribution in [2.24, 2.45) is 0 Å². The van der Waals surface area contributed by atoms with E-state index in [9.17, 15) is 4.79 Å². The van der Waals surface area contributed by atoms with Crippen LogP contribution in [0.3, 0.4) is 0 Å². The van der Waals surface area contributed by atoms with Gasteiger partial charge in [-0.25, -0.2) is 4.98 Å². The fraction of sp³-hybridized carbons (Fsp3) is 0.154. The van der Waals surface area contributed by atoms with Gasteiger partial charge in [-0.3, -0.25) is 9.78 Å². The highest BCUT2D eigenvalue weighted by Gasteiger charge is 2.20. The molecular formula is C13H10Cl3N3O. The molecule has 0 aliphatic heterocycles. The average Bonchev–Trinajstić information content (AvgIpc) is 2.42. The second kappa shape index (κ2) is 5.95.